The van der Waals surface area contributed by atoms with Crippen LogP contribution in [0, 0.1) is 11.8 Å². The van der Waals surface area contributed by atoms with Gasteiger partial charge < -0.3 is 10.1 Å². The Morgan fingerprint density at radius 2 is 2.06 bits per heavy atom. The molecule has 1 aromatic carbocycles. The van der Waals surface area contributed by atoms with Gasteiger partial charge in [-0.15, -0.1) is 11.8 Å². The predicted molar refractivity (Wildman–Crippen MR) is 68.0 cm³/mol. The lowest BCUT2D eigenvalue weighted by Crippen LogP contribution is -2.24. The number of ether oxygens (including phenoxy) is 1. The molecule has 1 amide bonds. The van der Waals surface area contributed by atoms with Crippen LogP contribution in [0.5, 0.6) is 5.75 Å². The number of benzene rings is 1. The maximum atomic E-state index is 11.7. The second kappa shape index (κ2) is 7.34. The van der Waals surface area contributed by atoms with Crippen LogP contribution >= 0.6 is 0 Å². The van der Waals surface area contributed by atoms with Gasteiger partial charge in [-0.25, -0.2) is 0 Å². The van der Waals surface area contributed by atoms with Crippen LogP contribution in [-0.4, -0.2) is 19.1 Å². The molecule has 0 saturated carbocycles. The topological polar surface area (TPSA) is 38.3 Å². The van der Waals surface area contributed by atoms with E-state index in [0.717, 1.165) is 5.75 Å². The van der Waals surface area contributed by atoms with E-state index in [2.05, 4.69) is 17.2 Å². The summed E-state index contributed by atoms with van der Waals surface area (Å²) in [5.41, 5.74) is 0.637. The van der Waals surface area contributed by atoms with Crippen molar-refractivity contribution in [3.05, 3.63) is 29.8 Å². The predicted octanol–water partition coefficient (Wildman–Crippen LogP) is 2.23. The summed E-state index contributed by atoms with van der Waals surface area (Å²) in [5, 5.41) is 2.80. The summed E-state index contributed by atoms with van der Waals surface area (Å²) < 4.78 is 5.30. The molecular formula is C14H17NO2. The number of hydrogen-bond acceptors (Lipinski definition) is 2. The average Bonchev–Trinajstić information content (AvgIpc) is 2.36. The van der Waals surface area contributed by atoms with Crippen LogP contribution in [0.15, 0.2) is 24.3 Å². The first-order valence-corrected chi connectivity index (χ1v) is 5.68. The lowest BCUT2D eigenvalue weighted by atomic mass is 10.2. The van der Waals surface area contributed by atoms with Gasteiger partial charge in [-0.1, -0.05) is 0 Å². The van der Waals surface area contributed by atoms with Gasteiger partial charge in [0.15, 0.2) is 0 Å². The van der Waals surface area contributed by atoms with Crippen molar-refractivity contribution in [3.63, 3.8) is 0 Å². The van der Waals surface area contributed by atoms with E-state index in [1.54, 1.807) is 31.2 Å². The molecule has 0 unspecified atom stereocenters. The third-order valence-electron chi connectivity index (χ3n) is 2.14. The molecule has 3 heteroatoms. The minimum Gasteiger partial charge on any atom is -0.494 e. The van der Waals surface area contributed by atoms with Gasteiger partial charge in [0.05, 0.1) is 6.61 Å². The Labute approximate surface area is 102 Å². The Bertz CT molecular complexity index is 412. The third kappa shape index (κ3) is 4.60. The number of amides is 1. The average molecular weight is 231 g/mol. The quantitative estimate of drug-likeness (QED) is 0.623. The molecule has 0 aliphatic rings. The molecule has 0 fully saturated rings. The van der Waals surface area contributed by atoms with E-state index >= 15 is 0 Å². The summed E-state index contributed by atoms with van der Waals surface area (Å²) in [6.45, 7) is 4.91. The van der Waals surface area contributed by atoms with E-state index in [0.29, 0.717) is 25.1 Å². The summed E-state index contributed by atoms with van der Waals surface area (Å²) in [4.78, 5) is 11.7. The lowest BCUT2D eigenvalue weighted by molar-refractivity contribution is 0.0954. The van der Waals surface area contributed by atoms with Crippen LogP contribution in [0.1, 0.15) is 30.6 Å². The molecule has 0 aromatic heterocycles. The van der Waals surface area contributed by atoms with Crippen molar-refractivity contribution in [2.45, 2.75) is 20.3 Å². The summed E-state index contributed by atoms with van der Waals surface area (Å²) >= 11 is 0. The van der Waals surface area contributed by atoms with Crippen molar-refractivity contribution in [1.29, 1.82) is 0 Å². The molecule has 17 heavy (non-hydrogen) atoms. The number of rotatable bonds is 5. The monoisotopic (exact) mass is 231 g/mol. The minimum absolute atomic E-state index is 0.0778. The van der Waals surface area contributed by atoms with Crippen LogP contribution in [0.25, 0.3) is 0 Å². The molecule has 0 heterocycles. The van der Waals surface area contributed by atoms with Crippen molar-refractivity contribution < 1.29 is 9.53 Å². The van der Waals surface area contributed by atoms with E-state index in [4.69, 9.17) is 4.74 Å². The van der Waals surface area contributed by atoms with Crippen molar-refractivity contribution in [2.24, 2.45) is 0 Å². The second-order valence-electron chi connectivity index (χ2n) is 3.39. The van der Waals surface area contributed by atoms with Gasteiger partial charge in [-0.3, -0.25) is 4.79 Å². The van der Waals surface area contributed by atoms with Gasteiger partial charge in [0.25, 0.3) is 5.91 Å². The van der Waals surface area contributed by atoms with Crippen molar-refractivity contribution in [2.75, 3.05) is 13.2 Å². The van der Waals surface area contributed by atoms with Crippen LogP contribution < -0.4 is 10.1 Å². The molecule has 0 bridgehead atoms. The van der Waals surface area contributed by atoms with Gasteiger partial charge in [-0.2, -0.15) is 0 Å². The lowest BCUT2D eigenvalue weighted by Gasteiger charge is -2.05. The van der Waals surface area contributed by atoms with E-state index in [1.165, 1.54) is 0 Å². The molecule has 0 spiro atoms. The minimum atomic E-state index is -0.0778. The standard InChI is InChI=1S/C14H17NO2/c1-3-5-6-11-15-14(16)12-7-9-13(10-8-12)17-4-2/h7-10H,4,6,11H2,1-2H3,(H,15,16). The first-order chi connectivity index (χ1) is 8.27. The van der Waals surface area contributed by atoms with E-state index in [-0.39, 0.29) is 5.91 Å². The Morgan fingerprint density at radius 1 is 1.35 bits per heavy atom. The fourth-order valence-corrected chi connectivity index (χ4v) is 1.33. The molecular weight excluding hydrogens is 214 g/mol. The number of nitrogens with one attached hydrogen (secondary N) is 1. The van der Waals surface area contributed by atoms with Gasteiger partial charge in [-0.05, 0) is 38.1 Å². The zero-order valence-electron chi connectivity index (χ0n) is 10.2. The molecule has 90 valence electrons. The Morgan fingerprint density at radius 3 is 2.65 bits per heavy atom. The maximum absolute atomic E-state index is 11.7. The summed E-state index contributed by atoms with van der Waals surface area (Å²) in [5.74, 6) is 6.38. The largest absolute Gasteiger partial charge is 0.494 e. The van der Waals surface area contributed by atoms with Gasteiger partial charge >= 0.3 is 0 Å². The summed E-state index contributed by atoms with van der Waals surface area (Å²) in [6, 6.07) is 7.10. The van der Waals surface area contributed by atoms with E-state index < -0.39 is 0 Å². The number of carbonyl (C=O) groups is 1. The van der Waals surface area contributed by atoms with Gasteiger partial charge in [0.1, 0.15) is 5.75 Å². The van der Waals surface area contributed by atoms with Crippen molar-refractivity contribution in [3.8, 4) is 17.6 Å². The number of carbonyl (C=O) groups excluding carboxylic acids is 1. The van der Waals surface area contributed by atoms with E-state index in [1.807, 2.05) is 6.92 Å². The first-order valence-electron chi connectivity index (χ1n) is 5.68. The molecule has 0 atom stereocenters. The van der Waals surface area contributed by atoms with Crippen LogP contribution in [-0.2, 0) is 0 Å². The molecule has 3 nitrogen and oxygen atoms in total. The molecule has 0 radical (unpaired) electrons. The van der Waals surface area contributed by atoms with Crippen LogP contribution in [0.2, 0.25) is 0 Å². The molecule has 1 N–H and O–H groups in total. The molecule has 1 rings (SSSR count). The summed E-state index contributed by atoms with van der Waals surface area (Å²) in [6.07, 6.45) is 0.680. The van der Waals surface area contributed by atoms with Crippen molar-refractivity contribution in [1.82, 2.24) is 5.32 Å². The number of hydrogen-bond donors (Lipinski definition) is 1. The highest BCUT2D eigenvalue weighted by Crippen LogP contribution is 2.11. The molecule has 0 saturated heterocycles. The van der Waals surface area contributed by atoms with Crippen molar-refractivity contribution >= 4 is 5.91 Å². The van der Waals surface area contributed by atoms with Crippen LogP contribution in [0.4, 0.5) is 0 Å². The third-order valence-corrected chi connectivity index (χ3v) is 2.14. The fraction of sp³-hybridized carbons (Fsp3) is 0.357. The Hall–Kier alpha value is -1.95. The summed E-state index contributed by atoms with van der Waals surface area (Å²) in [7, 11) is 0. The van der Waals surface area contributed by atoms with E-state index in [9.17, 15) is 4.79 Å². The SMILES string of the molecule is CC#CCCNC(=O)c1ccc(OCC)cc1. The first kappa shape index (κ1) is 13.1. The van der Waals surface area contributed by atoms with Crippen LogP contribution in [0.3, 0.4) is 0 Å². The Balaban J connectivity index is 2.47. The maximum Gasteiger partial charge on any atom is 0.251 e. The molecule has 1 aromatic rings. The normalized spacial score (nSPS) is 9.06. The highest BCUT2D eigenvalue weighted by atomic mass is 16.5. The fourth-order valence-electron chi connectivity index (χ4n) is 1.33. The second-order valence-corrected chi connectivity index (χ2v) is 3.39. The van der Waals surface area contributed by atoms with Gasteiger partial charge in [0, 0.05) is 18.5 Å². The smallest absolute Gasteiger partial charge is 0.251 e. The highest BCUT2D eigenvalue weighted by Gasteiger charge is 2.03. The zero-order valence-corrected chi connectivity index (χ0v) is 10.2. The molecule has 0 aliphatic carbocycles. The Kier molecular flexibility index (Phi) is 5.67. The zero-order chi connectivity index (χ0) is 12.5. The van der Waals surface area contributed by atoms with Gasteiger partial charge in [0.2, 0.25) is 0 Å². The molecule has 0 aliphatic heterocycles. The highest BCUT2D eigenvalue weighted by molar-refractivity contribution is 5.94.